The summed E-state index contributed by atoms with van der Waals surface area (Å²) < 4.78 is 31.4. The summed E-state index contributed by atoms with van der Waals surface area (Å²) in [6.07, 6.45) is -0.226. The van der Waals surface area contributed by atoms with E-state index in [4.69, 9.17) is 4.74 Å². The first-order valence-electron chi connectivity index (χ1n) is 10.4. The molecular formula is C22H22F2N4O6. The fourth-order valence-electron chi connectivity index (χ4n) is 3.35. The number of nitrogens with one attached hydrogen (secondary N) is 1. The van der Waals surface area contributed by atoms with E-state index in [0.717, 1.165) is 17.8 Å². The van der Waals surface area contributed by atoms with Crippen molar-refractivity contribution in [3.05, 3.63) is 69.8 Å². The first kappa shape index (κ1) is 24.6. The zero-order valence-electron chi connectivity index (χ0n) is 18.0. The Labute approximate surface area is 193 Å². The quantitative estimate of drug-likeness (QED) is 0.351. The molecule has 1 saturated heterocycles. The molecule has 180 valence electrons. The maximum Gasteiger partial charge on any atom is 0.308 e. The lowest BCUT2D eigenvalue weighted by molar-refractivity contribution is -0.384. The number of amides is 2. The van der Waals surface area contributed by atoms with E-state index in [9.17, 15) is 33.3 Å². The molecule has 1 heterocycles. The highest BCUT2D eigenvalue weighted by molar-refractivity contribution is 5.94. The molecule has 2 amide bonds. The van der Waals surface area contributed by atoms with Crippen LogP contribution in [0, 0.1) is 21.7 Å². The second-order valence-corrected chi connectivity index (χ2v) is 7.43. The van der Waals surface area contributed by atoms with E-state index >= 15 is 0 Å². The molecular weight excluding hydrogens is 454 g/mol. The highest BCUT2D eigenvalue weighted by Crippen LogP contribution is 2.20. The SMILES string of the molecule is O=C(CCNC(=O)c1ccc(F)cc1F)OCC(=O)N1CCN(c2ccc([N+](=O)[O-])cc2)CC1. The summed E-state index contributed by atoms with van der Waals surface area (Å²) in [6, 6.07) is 8.68. The van der Waals surface area contributed by atoms with E-state index in [1.165, 1.54) is 12.1 Å². The molecule has 1 aliphatic rings. The summed E-state index contributed by atoms with van der Waals surface area (Å²) in [5, 5.41) is 13.1. The molecule has 0 bridgehead atoms. The van der Waals surface area contributed by atoms with Crippen LogP contribution in [0.15, 0.2) is 42.5 Å². The molecule has 1 aliphatic heterocycles. The lowest BCUT2D eigenvalue weighted by Crippen LogP contribution is -2.50. The van der Waals surface area contributed by atoms with Crippen LogP contribution in [0.2, 0.25) is 0 Å². The van der Waals surface area contributed by atoms with Crippen molar-refractivity contribution >= 4 is 29.2 Å². The minimum Gasteiger partial charge on any atom is -0.456 e. The third-order valence-electron chi connectivity index (χ3n) is 5.21. The van der Waals surface area contributed by atoms with Crippen molar-refractivity contribution in [2.75, 3.05) is 44.2 Å². The van der Waals surface area contributed by atoms with Crippen molar-refractivity contribution in [3.63, 3.8) is 0 Å². The highest BCUT2D eigenvalue weighted by atomic mass is 19.1. The van der Waals surface area contributed by atoms with Crippen molar-refractivity contribution in [2.24, 2.45) is 0 Å². The van der Waals surface area contributed by atoms with Crippen LogP contribution in [0.4, 0.5) is 20.2 Å². The van der Waals surface area contributed by atoms with Crippen LogP contribution in [0.1, 0.15) is 16.8 Å². The Balaban J connectivity index is 1.35. The van der Waals surface area contributed by atoms with Gasteiger partial charge in [0.2, 0.25) is 0 Å². The molecule has 0 saturated carbocycles. The predicted octanol–water partition coefficient (Wildman–Crippen LogP) is 1.88. The van der Waals surface area contributed by atoms with E-state index in [1.54, 1.807) is 17.0 Å². The summed E-state index contributed by atoms with van der Waals surface area (Å²) in [4.78, 5) is 49.9. The standard InChI is InChI=1S/C22H22F2N4O6/c23-15-1-6-18(19(24)13-15)22(31)25-8-7-21(30)34-14-20(29)27-11-9-26(10-12-27)16-2-4-17(5-3-16)28(32)33/h1-6,13H,7-12,14H2,(H,25,31). The number of carbonyl (C=O) groups is 3. The van der Waals surface area contributed by atoms with Crippen LogP contribution < -0.4 is 10.2 Å². The number of nitro benzene ring substituents is 1. The predicted molar refractivity (Wildman–Crippen MR) is 116 cm³/mol. The van der Waals surface area contributed by atoms with Crippen LogP contribution in [-0.2, 0) is 14.3 Å². The first-order chi connectivity index (χ1) is 16.2. The fraction of sp³-hybridized carbons (Fsp3) is 0.318. The Morgan fingerprint density at radius 1 is 1.03 bits per heavy atom. The third kappa shape index (κ3) is 6.47. The number of hydrogen-bond donors (Lipinski definition) is 1. The van der Waals surface area contributed by atoms with Gasteiger partial charge in [0, 0.05) is 56.6 Å². The molecule has 10 nitrogen and oxygen atoms in total. The lowest BCUT2D eigenvalue weighted by atomic mass is 10.2. The smallest absolute Gasteiger partial charge is 0.308 e. The highest BCUT2D eigenvalue weighted by Gasteiger charge is 2.22. The number of anilines is 1. The Hall–Kier alpha value is -4.09. The minimum absolute atomic E-state index is 0.00145. The van der Waals surface area contributed by atoms with Gasteiger partial charge in [-0.15, -0.1) is 0 Å². The van der Waals surface area contributed by atoms with E-state index in [1.807, 2.05) is 4.90 Å². The Morgan fingerprint density at radius 3 is 2.32 bits per heavy atom. The van der Waals surface area contributed by atoms with Gasteiger partial charge in [0.1, 0.15) is 11.6 Å². The second-order valence-electron chi connectivity index (χ2n) is 7.43. The van der Waals surface area contributed by atoms with Crippen LogP contribution in [0.3, 0.4) is 0 Å². The van der Waals surface area contributed by atoms with Gasteiger partial charge in [-0.1, -0.05) is 0 Å². The molecule has 0 unspecified atom stereocenters. The Kier molecular flexibility index (Phi) is 8.06. The van der Waals surface area contributed by atoms with Crippen molar-refractivity contribution in [1.82, 2.24) is 10.2 Å². The van der Waals surface area contributed by atoms with Gasteiger partial charge in [0.25, 0.3) is 17.5 Å². The average molecular weight is 476 g/mol. The topological polar surface area (TPSA) is 122 Å². The molecule has 2 aromatic rings. The summed E-state index contributed by atoms with van der Waals surface area (Å²) in [7, 11) is 0. The molecule has 0 spiro atoms. The zero-order valence-corrected chi connectivity index (χ0v) is 18.0. The van der Waals surface area contributed by atoms with Crippen molar-refractivity contribution < 1.29 is 32.8 Å². The minimum atomic E-state index is -1.01. The van der Waals surface area contributed by atoms with E-state index < -0.39 is 35.0 Å². The third-order valence-corrected chi connectivity index (χ3v) is 5.21. The van der Waals surface area contributed by atoms with Gasteiger partial charge < -0.3 is 19.9 Å². The number of nitro groups is 1. The van der Waals surface area contributed by atoms with Gasteiger partial charge >= 0.3 is 5.97 Å². The van der Waals surface area contributed by atoms with Crippen LogP contribution in [0.5, 0.6) is 0 Å². The number of ether oxygens (including phenoxy) is 1. The van der Waals surface area contributed by atoms with Gasteiger partial charge in [-0.25, -0.2) is 8.78 Å². The van der Waals surface area contributed by atoms with E-state index in [0.29, 0.717) is 32.2 Å². The normalized spacial score (nSPS) is 13.4. The first-order valence-corrected chi connectivity index (χ1v) is 10.4. The Bertz CT molecular complexity index is 1070. The van der Waals surface area contributed by atoms with Crippen molar-refractivity contribution in [3.8, 4) is 0 Å². The molecule has 0 radical (unpaired) electrons. The molecule has 12 heteroatoms. The second kappa shape index (κ2) is 11.2. The number of esters is 1. The maximum atomic E-state index is 13.6. The number of halogens is 2. The van der Waals surface area contributed by atoms with Crippen LogP contribution >= 0.6 is 0 Å². The van der Waals surface area contributed by atoms with Crippen molar-refractivity contribution in [2.45, 2.75) is 6.42 Å². The molecule has 1 N–H and O–H groups in total. The number of hydrogen-bond acceptors (Lipinski definition) is 7. The molecule has 1 fully saturated rings. The van der Waals surface area contributed by atoms with Gasteiger partial charge in [0.15, 0.2) is 6.61 Å². The maximum absolute atomic E-state index is 13.6. The largest absolute Gasteiger partial charge is 0.456 e. The average Bonchev–Trinajstić information content (AvgIpc) is 2.82. The van der Waals surface area contributed by atoms with Gasteiger partial charge in [-0.3, -0.25) is 24.5 Å². The fourth-order valence-corrected chi connectivity index (χ4v) is 3.35. The number of non-ortho nitro benzene ring substituents is 1. The number of carbonyl (C=O) groups excluding carboxylic acids is 3. The van der Waals surface area contributed by atoms with Crippen LogP contribution in [-0.4, -0.2) is 66.9 Å². The van der Waals surface area contributed by atoms with Crippen molar-refractivity contribution in [1.29, 1.82) is 0 Å². The van der Waals surface area contributed by atoms with Gasteiger partial charge in [-0.2, -0.15) is 0 Å². The Morgan fingerprint density at radius 2 is 1.71 bits per heavy atom. The molecule has 3 rings (SSSR count). The summed E-state index contributed by atoms with van der Waals surface area (Å²) in [5.74, 6) is -3.70. The van der Waals surface area contributed by atoms with E-state index in [-0.39, 0.29) is 30.1 Å². The lowest BCUT2D eigenvalue weighted by Gasteiger charge is -2.36. The monoisotopic (exact) mass is 476 g/mol. The molecule has 34 heavy (non-hydrogen) atoms. The molecule has 0 atom stereocenters. The number of nitrogens with zero attached hydrogens (tertiary/aromatic N) is 3. The number of benzene rings is 2. The molecule has 0 aromatic heterocycles. The number of rotatable bonds is 8. The van der Waals surface area contributed by atoms with Gasteiger partial charge in [0.05, 0.1) is 16.9 Å². The summed E-state index contributed by atoms with van der Waals surface area (Å²) in [6.45, 7) is 1.24. The summed E-state index contributed by atoms with van der Waals surface area (Å²) in [5.41, 5.74) is 0.464. The number of piperazine rings is 1. The van der Waals surface area contributed by atoms with E-state index in [2.05, 4.69) is 5.32 Å². The molecule has 2 aromatic carbocycles. The van der Waals surface area contributed by atoms with Crippen LogP contribution in [0.25, 0.3) is 0 Å². The summed E-state index contributed by atoms with van der Waals surface area (Å²) >= 11 is 0. The zero-order chi connectivity index (χ0) is 24.7. The van der Waals surface area contributed by atoms with Gasteiger partial charge in [-0.05, 0) is 24.3 Å². The molecule has 0 aliphatic carbocycles.